The molecule has 310 valence electrons. The zero-order chi connectivity index (χ0) is 40.1. The third-order valence-electron chi connectivity index (χ3n) is 9.39. The largest absolute Gasteiger partial charge is 0.453 e. The van der Waals surface area contributed by atoms with Gasteiger partial charge in [-0.05, 0) is 26.7 Å². The highest BCUT2D eigenvalue weighted by Gasteiger charge is 2.54. The molecule has 4 heterocycles. The van der Waals surface area contributed by atoms with Crippen molar-refractivity contribution in [3.63, 3.8) is 0 Å². The molecular formula is C33H52O21. The number of aliphatic hydroxyl groups excluding tert-OH is 9. The van der Waals surface area contributed by atoms with E-state index in [0.29, 0.717) is 0 Å². The van der Waals surface area contributed by atoms with Crippen LogP contribution in [0.5, 0.6) is 0 Å². The quantitative estimate of drug-likeness (QED) is 0.0448. The number of ether oxygens (including phenoxy) is 9. The molecule has 18 unspecified atom stereocenters. The molecule has 0 aromatic rings. The second-order valence-electron chi connectivity index (χ2n) is 13.8. The molecule has 0 saturated carbocycles. The van der Waals surface area contributed by atoms with Gasteiger partial charge >= 0.3 is 11.9 Å². The van der Waals surface area contributed by atoms with Gasteiger partial charge in [-0.1, -0.05) is 12.2 Å². The fourth-order valence-electron chi connectivity index (χ4n) is 6.01. The highest BCUT2D eigenvalue weighted by Crippen LogP contribution is 2.32. The summed E-state index contributed by atoms with van der Waals surface area (Å²) in [5.74, 6) is -1.85. The molecule has 4 aliphatic heterocycles. The van der Waals surface area contributed by atoms with Crippen LogP contribution in [0.3, 0.4) is 0 Å². The van der Waals surface area contributed by atoms with Crippen molar-refractivity contribution in [1.29, 1.82) is 0 Å². The van der Waals surface area contributed by atoms with E-state index < -0.39 is 148 Å². The number of hydrogen-bond donors (Lipinski definition) is 10. The van der Waals surface area contributed by atoms with Crippen LogP contribution in [0, 0.1) is 0 Å². The molecule has 0 radical (unpaired) electrons. The molecule has 0 amide bonds. The summed E-state index contributed by atoms with van der Waals surface area (Å²) in [5, 5.41) is 104. The van der Waals surface area contributed by atoms with E-state index in [1.165, 1.54) is 26.0 Å². The van der Waals surface area contributed by atoms with Crippen LogP contribution >= 0.6 is 0 Å². The first-order valence-electron chi connectivity index (χ1n) is 17.3. The van der Waals surface area contributed by atoms with Crippen molar-refractivity contribution >= 4 is 11.9 Å². The molecule has 21 heteroatoms. The van der Waals surface area contributed by atoms with E-state index in [1.54, 1.807) is 0 Å². The van der Waals surface area contributed by atoms with E-state index in [0.717, 1.165) is 6.92 Å². The van der Waals surface area contributed by atoms with Crippen molar-refractivity contribution in [2.75, 3.05) is 26.4 Å². The minimum atomic E-state index is -1.96. The maximum Gasteiger partial charge on any atom is 0.333 e. The second kappa shape index (κ2) is 19.3. The van der Waals surface area contributed by atoms with Gasteiger partial charge in [0.25, 0.3) is 0 Å². The first-order valence-corrected chi connectivity index (χ1v) is 17.3. The Bertz CT molecular complexity index is 1280. The van der Waals surface area contributed by atoms with Gasteiger partial charge < -0.3 is 93.7 Å². The van der Waals surface area contributed by atoms with Crippen molar-refractivity contribution in [3.8, 4) is 0 Å². The third kappa shape index (κ3) is 10.8. The number of carbonyl (C=O) groups excluding carboxylic acids is 2. The summed E-state index contributed by atoms with van der Waals surface area (Å²) in [4.78, 5) is 25.1. The van der Waals surface area contributed by atoms with Crippen molar-refractivity contribution in [3.05, 3.63) is 24.3 Å². The zero-order valence-electron chi connectivity index (χ0n) is 29.9. The molecule has 4 aliphatic rings. The predicted molar refractivity (Wildman–Crippen MR) is 173 cm³/mol. The monoisotopic (exact) mass is 784 g/mol. The molecule has 4 rings (SSSR count). The normalized spacial score (nSPS) is 43.1. The van der Waals surface area contributed by atoms with Gasteiger partial charge in [0.2, 0.25) is 6.29 Å². The van der Waals surface area contributed by atoms with Crippen LogP contribution in [-0.2, 0) is 52.2 Å². The number of carbonyl (C=O) groups is 2. The fraction of sp³-hybridized carbons (Fsp3) is 0.818. The first-order chi connectivity index (χ1) is 25.4. The fourth-order valence-corrected chi connectivity index (χ4v) is 6.01. The highest BCUT2D eigenvalue weighted by atomic mass is 16.8. The van der Waals surface area contributed by atoms with Gasteiger partial charge in [0, 0.05) is 12.5 Å². The van der Waals surface area contributed by atoms with Gasteiger partial charge in [-0.3, -0.25) is 4.79 Å². The minimum Gasteiger partial charge on any atom is -0.453 e. The average molecular weight is 785 g/mol. The molecule has 4 saturated heterocycles. The lowest BCUT2D eigenvalue weighted by atomic mass is 9.97. The number of hydrogen-bond acceptors (Lipinski definition) is 21. The molecule has 21 nitrogen and oxygen atoms in total. The van der Waals surface area contributed by atoms with Gasteiger partial charge in [-0.15, -0.1) is 6.58 Å². The Morgan fingerprint density at radius 1 is 0.722 bits per heavy atom. The summed E-state index contributed by atoms with van der Waals surface area (Å²) in [5.41, 5.74) is -1.14. The summed E-state index contributed by atoms with van der Waals surface area (Å²) < 4.78 is 49.5. The molecule has 0 spiro atoms. The van der Waals surface area contributed by atoms with Crippen LogP contribution in [0.1, 0.15) is 33.6 Å². The van der Waals surface area contributed by atoms with E-state index >= 15 is 0 Å². The zero-order valence-corrected chi connectivity index (χ0v) is 29.9. The summed E-state index contributed by atoms with van der Waals surface area (Å²) in [6.45, 7) is 5.28. The molecule has 0 aromatic heterocycles. The lowest BCUT2D eigenvalue weighted by molar-refractivity contribution is -0.369. The molecule has 54 heavy (non-hydrogen) atoms. The lowest BCUT2D eigenvalue weighted by Gasteiger charge is -2.46. The number of allylic oxidation sites excluding steroid dienone is 1. The van der Waals surface area contributed by atoms with Gasteiger partial charge in [-0.2, -0.15) is 0 Å². The first kappa shape index (κ1) is 44.5. The second-order valence-corrected chi connectivity index (χ2v) is 13.8. The maximum absolute atomic E-state index is 13.1. The Morgan fingerprint density at radius 2 is 1.30 bits per heavy atom. The Kier molecular flexibility index (Phi) is 15.9. The Balaban J connectivity index is 1.44. The third-order valence-corrected chi connectivity index (χ3v) is 9.39. The molecule has 18 atom stereocenters. The van der Waals surface area contributed by atoms with E-state index in [9.17, 15) is 60.7 Å². The smallest absolute Gasteiger partial charge is 0.333 e. The van der Waals surface area contributed by atoms with Gasteiger partial charge in [0.15, 0.2) is 31.1 Å². The van der Waals surface area contributed by atoms with Gasteiger partial charge in [0.1, 0.15) is 67.1 Å². The van der Waals surface area contributed by atoms with Crippen molar-refractivity contribution in [2.24, 2.45) is 0 Å². The predicted octanol–water partition coefficient (Wildman–Crippen LogP) is -5.05. The SMILES string of the molecule is C=CC(C)(O)CCC=C(C)C(=O)OC1C(O)C(CO)OC(OC(C)=O)C1OC1OCC(OC2OCC(O)C(OC3OCC(O)C(O)C3O)C2O)C(O)C1O. The Hall–Kier alpha value is -2.26. The van der Waals surface area contributed by atoms with E-state index in [2.05, 4.69) is 6.58 Å². The number of aliphatic hydroxyl groups is 10. The Labute approximate surface area is 309 Å². The van der Waals surface area contributed by atoms with Gasteiger partial charge in [-0.25, -0.2) is 4.79 Å². The summed E-state index contributed by atoms with van der Waals surface area (Å²) in [7, 11) is 0. The lowest BCUT2D eigenvalue weighted by Crippen LogP contribution is -2.65. The number of esters is 2. The standard InChI is InChI=1S/C33H52O21/c1-5-33(4,45)8-6-7-13(2)28(44)52-26-21(40)17(9-34)50-32(49-14(3)35)27(26)54-30-23(42)20(39)18(12-48-30)51-31-24(43)25(16(37)11-47-31)53-29-22(41)19(38)15(36)10-46-29/h5,7,15-27,29-32,34,36-43,45H,1,6,8-12H2,2-4H3. The molecule has 10 N–H and O–H groups in total. The van der Waals surface area contributed by atoms with Crippen molar-refractivity contribution in [1.82, 2.24) is 0 Å². The Morgan fingerprint density at radius 3 is 1.91 bits per heavy atom. The van der Waals surface area contributed by atoms with E-state index in [1.807, 2.05) is 0 Å². The van der Waals surface area contributed by atoms with Crippen LogP contribution in [-0.4, -0.2) is 200 Å². The van der Waals surface area contributed by atoms with Crippen LogP contribution in [0.4, 0.5) is 0 Å². The molecule has 0 aromatic carbocycles. The molecular weight excluding hydrogens is 732 g/mol. The minimum absolute atomic E-state index is 0.0624. The number of rotatable bonds is 14. The van der Waals surface area contributed by atoms with E-state index in [-0.39, 0.29) is 18.4 Å². The summed E-state index contributed by atoms with van der Waals surface area (Å²) in [6.07, 6.45) is -24.8. The topological polar surface area (TPSA) is 320 Å². The van der Waals surface area contributed by atoms with Crippen molar-refractivity contribution < 1.29 is 103 Å². The van der Waals surface area contributed by atoms with Crippen molar-refractivity contribution in [2.45, 2.75) is 144 Å². The summed E-state index contributed by atoms with van der Waals surface area (Å²) >= 11 is 0. The van der Waals surface area contributed by atoms with Gasteiger partial charge in [0.05, 0.1) is 32.0 Å². The van der Waals surface area contributed by atoms with Crippen LogP contribution in [0.15, 0.2) is 24.3 Å². The van der Waals surface area contributed by atoms with Crippen LogP contribution < -0.4 is 0 Å². The molecule has 0 aliphatic carbocycles. The molecule has 0 bridgehead atoms. The van der Waals surface area contributed by atoms with E-state index in [4.69, 9.17) is 42.6 Å². The summed E-state index contributed by atoms with van der Waals surface area (Å²) in [6, 6.07) is 0. The highest BCUT2D eigenvalue weighted by molar-refractivity contribution is 5.87. The molecule has 4 fully saturated rings. The van der Waals surface area contributed by atoms with Crippen LogP contribution in [0.2, 0.25) is 0 Å². The van der Waals surface area contributed by atoms with Crippen LogP contribution in [0.25, 0.3) is 0 Å². The average Bonchev–Trinajstić information content (AvgIpc) is 3.12. The maximum atomic E-state index is 13.1.